The van der Waals surface area contributed by atoms with Crippen molar-refractivity contribution in [2.24, 2.45) is 28.9 Å². The molecule has 2 atom stereocenters. The van der Waals surface area contributed by atoms with Crippen LogP contribution in [0.4, 0.5) is 5.82 Å². The zero-order valence-corrected chi connectivity index (χ0v) is 18.6. The molecule has 6 rings (SSSR count). The highest BCUT2D eigenvalue weighted by atomic mass is 16.2. The van der Waals surface area contributed by atoms with E-state index < -0.39 is 5.54 Å². The largest absolute Gasteiger partial charge is 0.369 e. The first-order valence-electron chi connectivity index (χ1n) is 11.7. The van der Waals surface area contributed by atoms with Gasteiger partial charge in [-0.3, -0.25) is 19.5 Å². The molecule has 3 N–H and O–H groups in total. The van der Waals surface area contributed by atoms with Crippen molar-refractivity contribution in [3.63, 3.8) is 0 Å². The Labute approximate surface area is 184 Å². The van der Waals surface area contributed by atoms with E-state index in [9.17, 15) is 9.59 Å². The molecule has 0 aromatic carbocycles. The van der Waals surface area contributed by atoms with Gasteiger partial charge >= 0.3 is 0 Å². The molecule has 4 aliphatic carbocycles. The number of nitrogens with two attached hydrogens (primary N) is 1. The van der Waals surface area contributed by atoms with Crippen LogP contribution in [0, 0.1) is 23.2 Å². The molecule has 5 aliphatic rings. The smallest absolute Gasteiger partial charge is 0.240 e. The Bertz CT molecular complexity index is 835. The number of hydrogen-bond acceptors (Lipinski definition) is 6. The van der Waals surface area contributed by atoms with Gasteiger partial charge in [0.1, 0.15) is 5.82 Å². The predicted molar refractivity (Wildman–Crippen MR) is 117 cm³/mol. The monoisotopic (exact) mass is 426 g/mol. The van der Waals surface area contributed by atoms with Crippen LogP contribution in [0.2, 0.25) is 0 Å². The van der Waals surface area contributed by atoms with E-state index >= 15 is 0 Å². The second-order valence-electron chi connectivity index (χ2n) is 10.7. The van der Waals surface area contributed by atoms with E-state index in [1.54, 1.807) is 18.6 Å². The van der Waals surface area contributed by atoms with Gasteiger partial charge in [-0.1, -0.05) is 0 Å². The lowest BCUT2D eigenvalue weighted by molar-refractivity contribution is -0.149. The maximum absolute atomic E-state index is 13.4. The van der Waals surface area contributed by atoms with E-state index in [0.717, 1.165) is 64.1 Å². The molecule has 168 valence electrons. The van der Waals surface area contributed by atoms with E-state index in [1.165, 1.54) is 0 Å². The SMILES string of the molecule is CC(C)(C(=O)NC1C2CC3CC1CC(C(N)=O)(C3)C2)N1CCN(c2cnccn2)CC1. The summed E-state index contributed by atoms with van der Waals surface area (Å²) in [6, 6.07) is 0.177. The summed E-state index contributed by atoms with van der Waals surface area (Å²) < 4.78 is 0. The summed E-state index contributed by atoms with van der Waals surface area (Å²) in [7, 11) is 0. The van der Waals surface area contributed by atoms with Gasteiger partial charge in [0, 0.05) is 50.0 Å². The minimum absolute atomic E-state index is 0.103. The number of anilines is 1. The van der Waals surface area contributed by atoms with Crippen molar-refractivity contribution < 1.29 is 9.59 Å². The maximum Gasteiger partial charge on any atom is 0.240 e. The van der Waals surface area contributed by atoms with Gasteiger partial charge in [-0.25, -0.2) is 4.98 Å². The first-order chi connectivity index (χ1) is 14.8. The molecule has 8 nitrogen and oxygen atoms in total. The summed E-state index contributed by atoms with van der Waals surface area (Å²) in [5.74, 6) is 2.23. The number of nitrogens with zero attached hydrogens (tertiary/aromatic N) is 4. The summed E-state index contributed by atoms with van der Waals surface area (Å²) in [4.78, 5) is 38.7. The van der Waals surface area contributed by atoms with Crippen molar-refractivity contribution in [1.29, 1.82) is 0 Å². The second-order valence-corrected chi connectivity index (χ2v) is 10.7. The van der Waals surface area contributed by atoms with Gasteiger partial charge in [0.05, 0.1) is 11.7 Å². The Balaban J connectivity index is 1.22. The van der Waals surface area contributed by atoms with E-state index in [4.69, 9.17) is 5.73 Å². The summed E-state index contributed by atoms with van der Waals surface area (Å²) in [5.41, 5.74) is 4.92. The molecule has 2 unspecified atom stereocenters. The number of piperazine rings is 1. The molecule has 0 radical (unpaired) electrons. The first kappa shape index (κ1) is 20.7. The van der Waals surface area contributed by atoms with Gasteiger partial charge in [-0.05, 0) is 63.7 Å². The zero-order valence-electron chi connectivity index (χ0n) is 18.6. The van der Waals surface area contributed by atoms with Crippen molar-refractivity contribution in [1.82, 2.24) is 20.2 Å². The molecule has 1 aliphatic heterocycles. The average Bonchev–Trinajstić information content (AvgIpc) is 2.76. The number of aromatic nitrogens is 2. The molecule has 8 heteroatoms. The van der Waals surface area contributed by atoms with Gasteiger partial charge in [-0.2, -0.15) is 0 Å². The third kappa shape index (κ3) is 3.49. The second kappa shape index (κ2) is 7.43. The van der Waals surface area contributed by atoms with Gasteiger partial charge in [0.15, 0.2) is 0 Å². The molecule has 0 spiro atoms. The lowest BCUT2D eigenvalue weighted by atomic mass is 9.47. The van der Waals surface area contributed by atoms with Gasteiger partial charge in [-0.15, -0.1) is 0 Å². The van der Waals surface area contributed by atoms with E-state index in [0.29, 0.717) is 17.8 Å². The number of amides is 2. The zero-order chi connectivity index (χ0) is 21.8. The van der Waals surface area contributed by atoms with E-state index in [1.807, 2.05) is 13.8 Å². The van der Waals surface area contributed by atoms with Crippen LogP contribution in [0.5, 0.6) is 0 Å². The molecule has 1 aromatic rings. The van der Waals surface area contributed by atoms with Gasteiger partial charge < -0.3 is 16.0 Å². The van der Waals surface area contributed by atoms with Crippen molar-refractivity contribution >= 4 is 17.6 Å². The Morgan fingerprint density at radius 1 is 1.10 bits per heavy atom. The molecule has 5 fully saturated rings. The molecule has 4 saturated carbocycles. The molecule has 1 aromatic heterocycles. The van der Waals surface area contributed by atoms with Crippen LogP contribution in [0.15, 0.2) is 18.6 Å². The Hall–Kier alpha value is -2.22. The Morgan fingerprint density at radius 2 is 1.77 bits per heavy atom. The molecule has 4 bridgehead atoms. The number of carbonyl (C=O) groups is 2. The van der Waals surface area contributed by atoms with Crippen molar-refractivity contribution in [2.45, 2.75) is 57.5 Å². The van der Waals surface area contributed by atoms with Gasteiger partial charge in [0.25, 0.3) is 0 Å². The fourth-order valence-electron chi connectivity index (χ4n) is 6.98. The fraction of sp³-hybridized carbons (Fsp3) is 0.739. The third-order valence-corrected chi connectivity index (χ3v) is 8.59. The van der Waals surface area contributed by atoms with Crippen LogP contribution in [-0.4, -0.2) is 64.4 Å². The predicted octanol–water partition coefficient (Wildman–Crippen LogP) is 1.17. The average molecular weight is 427 g/mol. The third-order valence-electron chi connectivity index (χ3n) is 8.59. The highest BCUT2D eigenvalue weighted by Gasteiger charge is 2.58. The number of primary amides is 1. The fourth-order valence-corrected chi connectivity index (χ4v) is 6.98. The topological polar surface area (TPSA) is 104 Å². The van der Waals surface area contributed by atoms with Crippen LogP contribution in [0.1, 0.15) is 46.0 Å². The molecule has 2 heterocycles. The quantitative estimate of drug-likeness (QED) is 0.733. The summed E-state index contributed by atoms with van der Waals surface area (Å²) in [6.07, 6.45) is 10.1. The molecule has 31 heavy (non-hydrogen) atoms. The molecule has 2 amide bonds. The number of hydrogen-bond donors (Lipinski definition) is 2. The van der Waals surface area contributed by atoms with E-state index in [2.05, 4.69) is 25.1 Å². The van der Waals surface area contributed by atoms with Crippen molar-refractivity contribution in [2.75, 3.05) is 31.1 Å². The molecular weight excluding hydrogens is 392 g/mol. The minimum atomic E-state index is -0.579. The highest BCUT2D eigenvalue weighted by Crippen LogP contribution is 2.60. The van der Waals surface area contributed by atoms with Crippen LogP contribution >= 0.6 is 0 Å². The van der Waals surface area contributed by atoms with Crippen molar-refractivity contribution in [3.8, 4) is 0 Å². The number of carbonyl (C=O) groups excluding carboxylic acids is 2. The van der Waals surface area contributed by atoms with E-state index in [-0.39, 0.29) is 23.3 Å². The Kier molecular flexibility index (Phi) is 4.95. The number of nitrogens with one attached hydrogen (secondary N) is 1. The minimum Gasteiger partial charge on any atom is -0.369 e. The summed E-state index contributed by atoms with van der Waals surface area (Å²) in [5, 5.41) is 3.43. The summed E-state index contributed by atoms with van der Waals surface area (Å²) in [6.45, 7) is 7.32. The molecule has 1 saturated heterocycles. The standard InChI is InChI=1S/C23H34N6O2/c1-22(2,29-7-5-28(6-8-29)18-14-25-3-4-26-18)21(31)27-19-16-9-15-10-17(19)13-23(11-15,12-16)20(24)30/h3-4,14-17,19H,5-13H2,1-2H3,(H2,24,30)(H,27,31). The molecular formula is C23H34N6O2. The van der Waals surface area contributed by atoms with Crippen molar-refractivity contribution in [3.05, 3.63) is 18.6 Å². The summed E-state index contributed by atoms with van der Waals surface area (Å²) >= 11 is 0. The normalized spacial score (nSPS) is 35.2. The highest BCUT2D eigenvalue weighted by molar-refractivity contribution is 5.86. The lowest BCUT2D eigenvalue weighted by Gasteiger charge is -2.59. The van der Waals surface area contributed by atoms with Crippen LogP contribution in [-0.2, 0) is 9.59 Å². The van der Waals surface area contributed by atoms with Crippen LogP contribution < -0.4 is 16.0 Å². The maximum atomic E-state index is 13.4. The Morgan fingerprint density at radius 3 is 2.35 bits per heavy atom. The number of rotatable bonds is 5. The van der Waals surface area contributed by atoms with Crippen LogP contribution in [0.3, 0.4) is 0 Å². The lowest BCUT2D eigenvalue weighted by Crippen LogP contribution is -2.66. The van der Waals surface area contributed by atoms with Gasteiger partial charge in [0.2, 0.25) is 11.8 Å². The van der Waals surface area contributed by atoms with Crippen LogP contribution in [0.25, 0.3) is 0 Å². The first-order valence-corrected chi connectivity index (χ1v) is 11.7.